The van der Waals surface area contributed by atoms with Gasteiger partial charge in [-0.25, -0.2) is 4.98 Å². The van der Waals surface area contributed by atoms with Crippen molar-refractivity contribution < 1.29 is 23.7 Å². The molecular weight excluding hydrogens is 476 g/mol. The van der Waals surface area contributed by atoms with Crippen LogP contribution in [-0.2, 0) is 33.6 Å². The molecule has 0 saturated carbocycles. The molecule has 0 N–H and O–H groups in total. The van der Waals surface area contributed by atoms with Crippen LogP contribution in [0.2, 0.25) is 0 Å². The van der Waals surface area contributed by atoms with E-state index < -0.39 is 0 Å². The van der Waals surface area contributed by atoms with Crippen LogP contribution in [0.5, 0.6) is 11.5 Å². The number of methoxy groups -OCH3 is 2. The molecule has 1 fully saturated rings. The van der Waals surface area contributed by atoms with Gasteiger partial charge in [-0.1, -0.05) is 24.3 Å². The van der Waals surface area contributed by atoms with Gasteiger partial charge in [0.15, 0.2) is 0 Å². The molecule has 1 aromatic heterocycles. The second-order valence-electron chi connectivity index (χ2n) is 8.70. The number of thiazole rings is 1. The Labute approximate surface area is 217 Å². The van der Waals surface area contributed by atoms with E-state index in [1.165, 1.54) is 16.0 Å². The van der Waals surface area contributed by atoms with Gasteiger partial charge in [-0.3, -0.25) is 4.90 Å². The zero-order valence-electron chi connectivity index (χ0n) is 21.2. The Morgan fingerprint density at radius 2 is 1.44 bits per heavy atom. The summed E-state index contributed by atoms with van der Waals surface area (Å²) in [4.78, 5) is 8.85. The fourth-order valence-electron chi connectivity index (χ4n) is 4.08. The van der Waals surface area contributed by atoms with Crippen LogP contribution >= 0.6 is 11.3 Å². The lowest BCUT2D eigenvalue weighted by molar-refractivity contribution is 0.0336. The molecule has 8 heteroatoms. The van der Waals surface area contributed by atoms with Gasteiger partial charge in [0.25, 0.3) is 0 Å². The maximum absolute atomic E-state index is 5.83. The van der Waals surface area contributed by atoms with Crippen molar-refractivity contribution in [1.82, 2.24) is 9.88 Å². The summed E-state index contributed by atoms with van der Waals surface area (Å²) < 4.78 is 27.4. The van der Waals surface area contributed by atoms with Gasteiger partial charge in [-0.15, -0.1) is 11.3 Å². The fraction of sp³-hybridized carbons (Fsp3) is 0.464. The first kappa shape index (κ1) is 26.6. The number of aromatic nitrogens is 1. The van der Waals surface area contributed by atoms with Gasteiger partial charge >= 0.3 is 0 Å². The van der Waals surface area contributed by atoms with Gasteiger partial charge in [-0.2, -0.15) is 0 Å². The zero-order chi connectivity index (χ0) is 25.0. The lowest BCUT2D eigenvalue weighted by Gasteiger charge is -2.26. The molecule has 0 amide bonds. The van der Waals surface area contributed by atoms with Gasteiger partial charge in [0.1, 0.15) is 24.7 Å². The van der Waals surface area contributed by atoms with Gasteiger partial charge in [-0.05, 0) is 35.4 Å². The molecule has 0 atom stereocenters. The zero-order valence-corrected chi connectivity index (χ0v) is 22.1. The monoisotopic (exact) mass is 512 g/mol. The van der Waals surface area contributed by atoms with E-state index in [9.17, 15) is 0 Å². The minimum Gasteiger partial charge on any atom is -0.491 e. The number of nitrogens with zero attached hydrogens (tertiary/aromatic N) is 2. The summed E-state index contributed by atoms with van der Waals surface area (Å²) in [6.45, 7) is 6.52. The third-order valence-electron chi connectivity index (χ3n) is 5.93. The van der Waals surface area contributed by atoms with Gasteiger partial charge in [0.2, 0.25) is 0 Å². The number of hydrogen-bond acceptors (Lipinski definition) is 8. The quantitative estimate of drug-likeness (QED) is 0.300. The lowest BCUT2D eigenvalue weighted by Crippen LogP contribution is -2.36. The molecule has 0 aliphatic carbocycles. The third kappa shape index (κ3) is 8.28. The molecule has 36 heavy (non-hydrogen) atoms. The van der Waals surface area contributed by atoms with E-state index in [2.05, 4.69) is 35.2 Å². The Balaban J connectivity index is 1.50. The van der Waals surface area contributed by atoms with Gasteiger partial charge in [0.05, 0.1) is 37.1 Å². The Morgan fingerprint density at radius 1 is 0.833 bits per heavy atom. The number of ether oxygens (including phenoxy) is 5. The Kier molecular flexibility index (Phi) is 10.6. The van der Waals surface area contributed by atoms with Crippen molar-refractivity contribution in [2.75, 3.05) is 67.0 Å². The van der Waals surface area contributed by atoms with Crippen LogP contribution < -0.4 is 9.47 Å². The smallest absolute Gasteiger partial charge is 0.119 e. The predicted molar refractivity (Wildman–Crippen MR) is 141 cm³/mol. The van der Waals surface area contributed by atoms with Gasteiger partial charge < -0.3 is 23.7 Å². The van der Waals surface area contributed by atoms with Crippen molar-refractivity contribution in [1.29, 1.82) is 0 Å². The van der Waals surface area contributed by atoms with Crippen LogP contribution in [0.25, 0.3) is 0 Å². The summed E-state index contributed by atoms with van der Waals surface area (Å²) in [5.41, 5.74) is 3.57. The minimum absolute atomic E-state index is 0.541. The molecule has 1 aliphatic heterocycles. The molecule has 1 saturated heterocycles. The molecule has 194 valence electrons. The average molecular weight is 513 g/mol. The highest BCUT2D eigenvalue weighted by molar-refractivity contribution is 7.11. The van der Waals surface area contributed by atoms with Crippen LogP contribution in [0.3, 0.4) is 0 Å². The highest BCUT2D eigenvalue weighted by Crippen LogP contribution is 2.27. The highest BCUT2D eigenvalue weighted by atomic mass is 32.1. The molecular formula is C28H36N2O5S. The number of hydrogen-bond donors (Lipinski definition) is 0. The van der Waals surface area contributed by atoms with Crippen molar-refractivity contribution in [2.45, 2.75) is 19.4 Å². The molecule has 0 bridgehead atoms. The minimum atomic E-state index is 0.541. The van der Waals surface area contributed by atoms with Crippen molar-refractivity contribution in [3.63, 3.8) is 0 Å². The van der Waals surface area contributed by atoms with E-state index in [-0.39, 0.29) is 0 Å². The first-order valence-electron chi connectivity index (χ1n) is 12.4. The van der Waals surface area contributed by atoms with Crippen LogP contribution in [0.4, 0.5) is 0 Å². The van der Waals surface area contributed by atoms with E-state index in [4.69, 9.17) is 28.7 Å². The van der Waals surface area contributed by atoms with Crippen LogP contribution in [0.1, 0.15) is 26.7 Å². The molecule has 3 aromatic rings. The van der Waals surface area contributed by atoms with Gasteiger partial charge in [0, 0.05) is 51.6 Å². The van der Waals surface area contributed by atoms with Crippen molar-refractivity contribution in [2.24, 2.45) is 0 Å². The van der Waals surface area contributed by atoms with Crippen molar-refractivity contribution in [3.05, 3.63) is 75.2 Å². The Hall–Kier alpha value is -2.49. The van der Waals surface area contributed by atoms with E-state index in [0.717, 1.165) is 67.9 Å². The molecule has 4 rings (SSSR count). The Morgan fingerprint density at radius 3 is 2.06 bits per heavy atom. The molecule has 0 spiro atoms. The second-order valence-corrected chi connectivity index (χ2v) is 9.87. The average Bonchev–Trinajstić information content (AvgIpc) is 3.25. The molecule has 0 radical (unpaired) electrons. The summed E-state index contributed by atoms with van der Waals surface area (Å²) in [5, 5.41) is 1.12. The van der Waals surface area contributed by atoms with Crippen molar-refractivity contribution >= 4 is 11.3 Å². The van der Waals surface area contributed by atoms with Crippen molar-refractivity contribution in [3.8, 4) is 11.5 Å². The first-order valence-corrected chi connectivity index (χ1v) is 13.2. The van der Waals surface area contributed by atoms with E-state index in [0.29, 0.717) is 26.4 Å². The molecule has 0 unspecified atom stereocenters. The second kappa shape index (κ2) is 14.3. The molecule has 7 nitrogen and oxygen atoms in total. The SMILES string of the molecule is COCCOc1cccc(Cc2nc(CN3CCOCC3)c(Cc3cccc(OCCOC)c3)s2)c1. The van der Waals surface area contributed by atoms with E-state index in [1.54, 1.807) is 25.6 Å². The summed E-state index contributed by atoms with van der Waals surface area (Å²) in [6, 6.07) is 16.6. The lowest BCUT2D eigenvalue weighted by atomic mass is 10.1. The largest absolute Gasteiger partial charge is 0.491 e. The third-order valence-corrected chi connectivity index (χ3v) is 7.03. The summed E-state index contributed by atoms with van der Waals surface area (Å²) >= 11 is 1.80. The topological polar surface area (TPSA) is 62.3 Å². The standard InChI is InChI=1S/C28H36N2O5S/c1-31-13-15-34-24-7-3-5-22(17-24)19-27-26(21-30-9-11-33-12-10-30)29-28(36-27)20-23-6-4-8-25(18-23)35-16-14-32-2/h3-8,17-18H,9-16,19-21H2,1-2H3. The summed E-state index contributed by atoms with van der Waals surface area (Å²) in [5.74, 6) is 1.73. The molecule has 2 heterocycles. The van der Waals surface area contributed by atoms with Crippen LogP contribution in [0.15, 0.2) is 48.5 Å². The number of morpholine rings is 1. The van der Waals surface area contributed by atoms with Crippen LogP contribution in [0, 0.1) is 0 Å². The molecule has 2 aromatic carbocycles. The summed E-state index contributed by atoms with van der Waals surface area (Å²) in [7, 11) is 3.36. The maximum Gasteiger partial charge on any atom is 0.119 e. The van der Waals surface area contributed by atoms with E-state index >= 15 is 0 Å². The summed E-state index contributed by atoms with van der Waals surface area (Å²) in [6.07, 6.45) is 1.61. The highest BCUT2D eigenvalue weighted by Gasteiger charge is 2.18. The molecule has 1 aliphatic rings. The van der Waals surface area contributed by atoms with E-state index in [1.807, 2.05) is 18.2 Å². The maximum atomic E-state index is 5.83. The number of benzene rings is 2. The number of rotatable bonds is 14. The fourth-order valence-corrected chi connectivity index (χ4v) is 5.23. The van der Waals surface area contributed by atoms with Crippen LogP contribution in [-0.4, -0.2) is 76.8 Å². The normalized spacial score (nSPS) is 14.2. The Bertz CT molecular complexity index is 1070. The predicted octanol–water partition coefficient (Wildman–Crippen LogP) is 4.21. The first-order chi connectivity index (χ1) is 17.7.